The minimum atomic E-state index is -1.07. The van der Waals surface area contributed by atoms with Gasteiger partial charge in [0.05, 0.1) is 18.8 Å². The van der Waals surface area contributed by atoms with Crippen LogP contribution in [-0.2, 0) is 4.74 Å². The van der Waals surface area contributed by atoms with Gasteiger partial charge in [-0.1, -0.05) is 6.08 Å². The molecule has 0 spiro atoms. The van der Waals surface area contributed by atoms with E-state index in [9.17, 15) is 9.59 Å². The third-order valence-corrected chi connectivity index (χ3v) is 3.14. The van der Waals surface area contributed by atoms with Gasteiger partial charge in [-0.3, -0.25) is 0 Å². The zero-order chi connectivity index (χ0) is 15.7. The number of benzene rings is 1. The summed E-state index contributed by atoms with van der Waals surface area (Å²) >= 11 is 3.14. The first-order valence-corrected chi connectivity index (χ1v) is 7.10. The van der Waals surface area contributed by atoms with Gasteiger partial charge in [0.1, 0.15) is 0 Å². The van der Waals surface area contributed by atoms with Crippen LogP contribution in [0, 0.1) is 0 Å². The van der Waals surface area contributed by atoms with Gasteiger partial charge in [-0.2, -0.15) is 0 Å². The van der Waals surface area contributed by atoms with E-state index in [4.69, 9.17) is 9.84 Å². The van der Waals surface area contributed by atoms with Crippen LogP contribution in [0.2, 0.25) is 0 Å². The third-order valence-electron chi connectivity index (χ3n) is 2.45. The molecule has 0 saturated heterocycles. The molecule has 3 N–H and O–H groups in total. The summed E-state index contributed by atoms with van der Waals surface area (Å²) in [6, 6.07) is 4.14. The van der Waals surface area contributed by atoms with Crippen LogP contribution < -0.4 is 10.6 Å². The van der Waals surface area contributed by atoms with Crippen molar-refractivity contribution < 1.29 is 19.4 Å². The van der Waals surface area contributed by atoms with E-state index in [1.807, 2.05) is 0 Å². The van der Waals surface area contributed by atoms with E-state index >= 15 is 0 Å². The minimum Gasteiger partial charge on any atom is -0.478 e. The molecule has 0 atom stereocenters. The van der Waals surface area contributed by atoms with E-state index in [2.05, 4.69) is 33.1 Å². The number of halogens is 1. The Morgan fingerprint density at radius 3 is 2.81 bits per heavy atom. The number of amides is 2. The smallest absolute Gasteiger partial charge is 0.336 e. The van der Waals surface area contributed by atoms with Crippen LogP contribution in [0.5, 0.6) is 0 Å². The fourth-order valence-electron chi connectivity index (χ4n) is 1.45. The Hall–Kier alpha value is -1.86. The van der Waals surface area contributed by atoms with E-state index in [1.54, 1.807) is 18.2 Å². The SMILES string of the molecule is C=CCCOCCNC(=O)Nc1ccc(Br)c(C(=O)O)c1. The van der Waals surface area contributed by atoms with Crippen molar-refractivity contribution in [1.82, 2.24) is 5.32 Å². The number of carboxylic acid groups (broad SMARTS) is 1. The number of hydrogen-bond donors (Lipinski definition) is 3. The molecule has 0 aromatic heterocycles. The van der Waals surface area contributed by atoms with E-state index < -0.39 is 12.0 Å². The zero-order valence-corrected chi connectivity index (χ0v) is 13.0. The molecule has 0 radical (unpaired) electrons. The van der Waals surface area contributed by atoms with Crippen molar-refractivity contribution in [2.75, 3.05) is 25.1 Å². The highest BCUT2D eigenvalue weighted by atomic mass is 79.9. The van der Waals surface area contributed by atoms with Gasteiger partial charge in [-0.25, -0.2) is 9.59 Å². The maximum atomic E-state index is 11.6. The Bertz CT molecular complexity index is 520. The van der Waals surface area contributed by atoms with E-state index in [1.165, 1.54) is 6.07 Å². The molecule has 0 saturated carbocycles. The van der Waals surface area contributed by atoms with Crippen LogP contribution in [-0.4, -0.2) is 36.9 Å². The molecule has 1 aromatic rings. The average molecular weight is 357 g/mol. The lowest BCUT2D eigenvalue weighted by molar-refractivity contribution is 0.0696. The monoisotopic (exact) mass is 356 g/mol. The van der Waals surface area contributed by atoms with Gasteiger partial charge in [-0.05, 0) is 40.5 Å². The van der Waals surface area contributed by atoms with Crippen molar-refractivity contribution in [3.63, 3.8) is 0 Å². The second kappa shape index (κ2) is 9.15. The number of ether oxygens (including phenoxy) is 1. The molecule has 2 amide bonds. The molecule has 7 heteroatoms. The normalized spacial score (nSPS) is 9.95. The lowest BCUT2D eigenvalue weighted by Crippen LogP contribution is -2.31. The summed E-state index contributed by atoms with van der Waals surface area (Å²) in [5.41, 5.74) is 0.487. The van der Waals surface area contributed by atoms with Crippen LogP contribution in [0.3, 0.4) is 0 Å². The first-order chi connectivity index (χ1) is 10.0. The first-order valence-electron chi connectivity index (χ1n) is 6.31. The maximum Gasteiger partial charge on any atom is 0.336 e. The highest BCUT2D eigenvalue weighted by Gasteiger charge is 2.10. The second-order valence-corrected chi connectivity index (χ2v) is 4.92. The zero-order valence-electron chi connectivity index (χ0n) is 11.4. The van der Waals surface area contributed by atoms with Gasteiger partial charge in [0.15, 0.2) is 0 Å². The molecule has 0 fully saturated rings. The molecule has 0 heterocycles. The van der Waals surface area contributed by atoms with Gasteiger partial charge in [-0.15, -0.1) is 6.58 Å². The third kappa shape index (κ3) is 6.42. The van der Waals surface area contributed by atoms with Crippen molar-refractivity contribution in [3.05, 3.63) is 40.9 Å². The highest BCUT2D eigenvalue weighted by Crippen LogP contribution is 2.21. The van der Waals surface area contributed by atoms with Crippen LogP contribution >= 0.6 is 15.9 Å². The number of hydrogen-bond acceptors (Lipinski definition) is 3. The lowest BCUT2D eigenvalue weighted by Gasteiger charge is -2.09. The van der Waals surface area contributed by atoms with Crippen LogP contribution in [0.15, 0.2) is 35.3 Å². The molecule has 0 aliphatic heterocycles. The minimum absolute atomic E-state index is 0.0839. The summed E-state index contributed by atoms with van der Waals surface area (Å²) in [6.45, 7) is 4.92. The van der Waals surface area contributed by atoms with Crippen LogP contribution in [0.1, 0.15) is 16.8 Å². The van der Waals surface area contributed by atoms with E-state index in [0.29, 0.717) is 29.9 Å². The Kier molecular flexibility index (Phi) is 7.49. The van der Waals surface area contributed by atoms with Gasteiger partial charge < -0.3 is 20.5 Å². The van der Waals surface area contributed by atoms with Crippen molar-refractivity contribution in [1.29, 1.82) is 0 Å². The number of anilines is 1. The summed E-state index contributed by atoms with van der Waals surface area (Å²) in [7, 11) is 0. The van der Waals surface area contributed by atoms with Crippen molar-refractivity contribution in [2.45, 2.75) is 6.42 Å². The summed E-state index contributed by atoms with van der Waals surface area (Å²) < 4.78 is 5.70. The standard InChI is InChI=1S/C14H17BrN2O4/c1-2-3-7-21-8-6-16-14(20)17-10-4-5-12(15)11(9-10)13(18)19/h2,4-5,9H,1,3,6-8H2,(H,18,19)(H2,16,17,20). The summed E-state index contributed by atoms with van der Waals surface area (Å²) in [6.07, 6.45) is 2.52. The highest BCUT2D eigenvalue weighted by molar-refractivity contribution is 9.10. The van der Waals surface area contributed by atoms with E-state index in [-0.39, 0.29) is 5.56 Å². The van der Waals surface area contributed by atoms with Gasteiger partial charge >= 0.3 is 12.0 Å². The van der Waals surface area contributed by atoms with Gasteiger partial charge in [0, 0.05) is 16.7 Å². The molecular weight excluding hydrogens is 340 g/mol. The largest absolute Gasteiger partial charge is 0.478 e. The second-order valence-electron chi connectivity index (χ2n) is 4.07. The fourth-order valence-corrected chi connectivity index (χ4v) is 1.86. The number of carbonyl (C=O) groups is 2. The average Bonchev–Trinajstić information content (AvgIpc) is 2.44. The molecule has 0 aliphatic carbocycles. The maximum absolute atomic E-state index is 11.6. The molecular formula is C14H17BrN2O4. The first kappa shape index (κ1) is 17.2. The number of urea groups is 1. The van der Waals surface area contributed by atoms with Crippen LogP contribution in [0.25, 0.3) is 0 Å². The number of rotatable bonds is 8. The van der Waals surface area contributed by atoms with Gasteiger partial charge in [0.2, 0.25) is 0 Å². The molecule has 6 nitrogen and oxygen atoms in total. The Morgan fingerprint density at radius 1 is 1.38 bits per heavy atom. The predicted octanol–water partition coefficient (Wildman–Crippen LogP) is 2.86. The Morgan fingerprint density at radius 2 is 2.14 bits per heavy atom. The number of carboxylic acids is 1. The Balaban J connectivity index is 2.39. The predicted molar refractivity (Wildman–Crippen MR) is 83.8 cm³/mol. The molecule has 1 rings (SSSR count). The molecule has 0 unspecified atom stereocenters. The van der Waals surface area contributed by atoms with E-state index in [0.717, 1.165) is 6.42 Å². The lowest BCUT2D eigenvalue weighted by atomic mass is 10.2. The summed E-state index contributed by atoms with van der Waals surface area (Å²) in [4.78, 5) is 22.6. The van der Waals surface area contributed by atoms with Crippen molar-refractivity contribution in [3.8, 4) is 0 Å². The van der Waals surface area contributed by atoms with Crippen LogP contribution in [0.4, 0.5) is 10.5 Å². The summed E-state index contributed by atoms with van der Waals surface area (Å²) in [5.74, 6) is -1.07. The molecule has 21 heavy (non-hydrogen) atoms. The molecule has 114 valence electrons. The van der Waals surface area contributed by atoms with Gasteiger partial charge in [0.25, 0.3) is 0 Å². The molecule has 0 aliphatic rings. The van der Waals surface area contributed by atoms with Crippen molar-refractivity contribution >= 4 is 33.6 Å². The number of carbonyl (C=O) groups excluding carboxylic acids is 1. The molecule has 1 aromatic carbocycles. The quantitative estimate of drug-likeness (QED) is 0.493. The summed E-state index contributed by atoms with van der Waals surface area (Å²) in [5, 5.41) is 14.2. The topological polar surface area (TPSA) is 87.7 Å². The Labute approximate surface area is 131 Å². The number of nitrogens with one attached hydrogen (secondary N) is 2. The van der Waals surface area contributed by atoms with Crippen molar-refractivity contribution in [2.24, 2.45) is 0 Å². The number of aromatic carboxylic acids is 1. The molecule has 0 bridgehead atoms. The fraction of sp³-hybridized carbons (Fsp3) is 0.286.